The Hall–Kier alpha value is -1.05. The van der Waals surface area contributed by atoms with Crippen LogP contribution in [0.1, 0.15) is 45.1 Å². The summed E-state index contributed by atoms with van der Waals surface area (Å²) in [5.74, 6) is 0.860. The van der Waals surface area contributed by atoms with Gasteiger partial charge < -0.3 is 4.98 Å². The highest BCUT2D eigenvalue weighted by atomic mass is 14.9. The van der Waals surface area contributed by atoms with Gasteiger partial charge in [-0.05, 0) is 12.5 Å². The molecule has 0 aromatic carbocycles. The first-order valence-electron chi connectivity index (χ1n) is 4.78. The predicted octanol–water partition coefficient (Wildman–Crippen LogP) is 3.13. The van der Waals surface area contributed by atoms with E-state index in [1.807, 2.05) is 6.20 Å². The van der Waals surface area contributed by atoms with Gasteiger partial charge >= 0.3 is 0 Å². The second-order valence-corrected chi connectivity index (χ2v) is 4.02. The first kappa shape index (κ1) is 10.0. The molecule has 0 aliphatic rings. The average molecular weight is 178 g/mol. The summed E-state index contributed by atoms with van der Waals surface area (Å²) < 4.78 is 0. The highest BCUT2D eigenvalue weighted by Crippen LogP contribution is 2.26. The number of H-pyrrole nitrogens is 1. The van der Waals surface area contributed by atoms with Crippen molar-refractivity contribution in [3.8, 4) is 0 Å². The molecule has 0 atom stereocenters. The predicted molar refractivity (Wildman–Crippen MR) is 56.6 cm³/mol. The Morgan fingerprint density at radius 3 is 2.77 bits per heavy atom. The number of aromatic amines is 1. The van der Waals surface area contributed by atoms with Crippen molar-refractivity contribution < 1.29 is 0 Å². The first-order chi connectivity index (χ1) is 6.10. The summed E-state index contributed by atoms with van der Waals surface area (Å²) in [6.45, 7) is 10.3. The van der Waals surface area contributed by atoms with Crippen LogP contribution in [0.3, 0.4) is 0 Å². The number of nitrogens with zero attached hydrogens (tertiary/aromatic N) is 1. The van der Waals surface area contributed by atoms with E-state index in [9.17, 15) is 0 Å². The maximum absolute atomic E-state index is 4.21. The van der Waals surface area contributed by atoms with Gasteiger partial charge in [0.1, 0.15) is 5.82 Å². The van der Waals surface area contributed by atoms with Crippen LogP contribution in [0, 0.1) is 0 Å². The summed E-state index contributed by atoms with van der Waals surface area (Å²) in [7, 11) is 0. The van der Waals surface area contributed by atoms with Gasteiger partial charge in [-0.15, -0.1) is 0 Å². The fraction of sp³-hybridized carbons (Fsp3) is 0.545. The molecule has 1 heterocycles. The summed E-state index contributed by atoms with van der Waals surface area (Å²) in [6.07, 6.45) is 6.01. The Morgan fingerprint density at radius 2 is 2.31 bits per heavy atom. The molecule has 13 heavy (non-hydrogen) atoms. The molecule has 0 spiro atoms. The van der Waals surface area contributed by atoms with E-state index < -0.39 is 0 Å². The van der Waals surface area contributed by atoms with Crippen molar-refractivity contribution in [1.82, 2.24) is 9.97 Å². The second-order valence-electron chi connectivity index (χ2n) is 4.02. The van der Waals surface area contributed by atoms with Crippen molar-refractivity contribution in [1.29, 1.82) is 0 Å². The summed E-state index contributed by atoms with van der Waals surface area (Å²) in [5, 5.41) is 0. The second kappa shape index (κ2) is 3.77. The monoisotopic (exact) mass is 178 g/mol. The normalized spacial score (nSPS) is 11.6. The van der Waals surface area contributed by atoms with Crippen LogP contribution in [0.4, 0.5) is 0 Å². The summed E-state index contributed by atoms with van der Waals surface area (Å²) in [4.78, 5) is 7.47. The molecule has 0 aliphatic heterocycles. The van der Waals surface area contributed by atoms with Gasteiger partial charge in [-0.25, -0.2) is 4.98 Å². The van der Waals surface area contributed by atoms with Gasteiger partial charge in [-0.1, -0.05) is 33.8 Å². The number of rotatable bonds is 4. The third-order valence-electron chi connectivity index (χ3n) is 2.39. The van der Waals surface area contributed by atoms with Crippen LogP contribution in [-0.4, -0.2) is 9.97 Å². The van der Waals surface area contributed by atoms with Crippen molar-refractivity contribution >= 4 is 6.08 Å². The molecule has 0 amide bonds. The fourth-order valence-corrected chi connectivity index (χ4v) is 1.54. The molecule has 1 aromatic rings. The highest BCUT2D eigenvalue weighted by molar-refractivity contribution is 5.37. The molecule has 1 N–H and O–H groups in total. The van der Waals surface area contributed by atoms with Gasteiger partial charge in [-0.2, -0.15) is 0 Å². The van der Waals surface area contributed by atoms with E-state index in [0.29, 0.717) is 0 Å². The third kappa shape index (κ3) is 2.20. The smallest absolute Gasteiger partial charge is 0.129 e. The molecule has 0 aliphatic carbocycles. The van der Waals surface area contributed by atoms with Crippen LogP contribution in [-0.2, 0) is 5.41 Å². The quantitative estimate of drug-likeness (QED) is 0.754. The average Bonchev–Trinajstić information content (AvgIpc) is 2.52. The van der Waals surface area contributed by atoms with Crippen LogP contribution in [0.2, 0.25) is 0 Å². The maximum atomic E-state index is 4.21. The van der Waals surface area contributed by atoms with Gasteiger partial charge in [0.25, 0.3) is 0 Å². The molecule has 0 saturated heterocycles. The zero-order valence-electron chi connectivity index (χ0n) is 8.72. The molecule has 72 valence electrons. The van der Waals surface area contributed by atoms with E-state index in [4.69, 9.17) is 0 Å². The highest BCUT2D eigenvalue weighted by Gasteiger charge is 2.21. The molecule has 2 nitrogen and oxygen atoms in total. The van der Waals surface area contributed by atoms with Gasteiger partial charge in [0, 0.05) is 17.3 Å². The number of hydrogen-bond acceptors (Lipinski definition) is 1. The molecule has 0 unspecified atom stereocenters. The minimum Gasteiger partial charge on any atom is -0.342 e. The Bertz CT molecular complexity index is 284. The largest absolute Gasteiger partial charge is 0.342 e. The Labute approximate surface area is 80.1 Å². The number of hydrogen-bond donors (Lipinski definition) is 1. The van der Waals surface area contributed by atoms with Crippen LogP contribution in [0.15, 0.2) is 12.8 Å². The Balaban J connectivity index is 2.86. The summed E-state index contributed by atoms with van der Waals surface area (Å²) >= 11 is 0. The van der Waals surface area contributed by atoms with Gasteiger partial charge in [0.15, 0.2) is 0 Å². The van der Waals surface area contributed by atoms with E-state index >= 15 is 0 Å². The SMILES string of the molecule is C=Cc1ncc(C(C)(C)CCC)[nH]1. The fourth-order valence-electron chi connectivity index (χ4n) is 1.54. The molecule has 0 radical (unpaired) electrons. The minimum atomic E-state index is 0.197. The lowest BCUT2D eigenvalue weighted by atomic mass is 9.85. The van der Waals surface area contributed by atoms with Crippen molar-refractivity contribution in [2.45, 2.75) is 39.0 Å². The van der Waals surface area contributed by atoms with E-state index in [1.54, 1.807) is 6.08 Å². The van der Waals surface area contributed by atoms with Crippen molar-refractivity contribution in [2.75, 3.05) is 0 Å². The number of imidazole rings is 1. The van der Waals surface area contributed by atoms with Crippen molar-refractivity contribution in [3.05, 3.63) is 24.3 Å². The van der Waals surface area contributed by atoms with Gasteiger partial charge in [0.2, 0.25) is 0 Å². The van der Waals surface area contributed by atoms with Crippen molar-refractivity contribution in [3.63, 3.8) is 0 Å². The summed E-state index contributed by atoms with van der Waals surface area (Å²) in [6, 6.07) is 0. The van der Waals surface area contributed by atoms with Crippen LogP contribution in [0.5, 0.6) is 0 Å². The lowest BCUT2D eigenvalue weighted by molar-refractivity contribution is 0.461. The van der Waals surface area contributed by atoms with Crippen LogP contribution < -0.4 is 0 Å². The minimum absolute atomic E-state index is 0.197. The maximum Gasteiger partial charge on any atom is 0.129 e. The number of nitrogens with one attached hydrogen (secondary N) is 1. The van der Waals surface area contributed by atoms with E-state index in [-0.39, 0.29) is 5.41 Å². The lowest BCUT2D eigenvalue weighted by Crippen LogP contribution is -2.17. The van der Waals surface area contributed by atoms with Gasteiger partial charge in [0.05, 0.1) is 0 Å². The standard InChI is InChI=1S/C11H18N2/c1-5-7-11(3,4)9-8-12-10(6-2)13-9/h6,8H,2,5,7H2,1,3-4H3,(H,12,13). The zero-order chi connectivity index (χ0) is 9.90. The molecule has 2 heteroatoms. The molecular weight excluding hydrogens is 160 g/mol. The Kier molecular flexibility index (Phi) is 2.91. The van der Waals surface area contributed by atoms with E-state index in [0.717, 1.165) is 5.82 Å². The van der Waals surface area contributed by atoms with E-state index in [1.165, 1.54) is 18.5 Å². The molecular formula is C11H18N2. The van der Waals surface area contributed by atoms with Gasteiger partial charge in [-0.3, -0.25) is 0 Å². The van der Waals surface area contributed by atoms with Crippen molar-refractivity contribution in [2.24, 2.45) is 0 Å². The van der Waals surface area contributed by atoms with Crippen LogP contribution in [0.25, 0.3) is 6.08 Å². The lowest BCUT2D eigenvalue weighted by Gasteiger charge is -2.21. The zero-order valence-corrected chi connectivity index (χ0v) is 8.72. The molecule has 0 saturated carbocycles. The summed E-state index contributed by atoms with van der Waals surface area (Å²) in [5.41, 5.74) is 1.40. The molecule has 0 fully saturated rings. The topological polar surface area (TPSA) is 28.7 Å². The molecule has 1 rings (SSSR count). The third-order valence-corrected chi connectivity index (χ3v) is 2.39. The molecule has 0 bridgehead atoms. The Morgan fingerprint density at radius 1 is 1.62 bits per heavy atom. The van der Waals surface area contributed by atoms with Crippen LogP contribution >= 0.6 is 0 Å². The first-order valence-corrected chi connectivity index (χ1v) is 4.78. The molecule has 1 aromatic heterocycles. The number of aromatic nitrogens is 2. The van der Waals surface area contributed by atoms with E-state index in [2.05, 4.69) is 37.3 Å².